The number of ether oxygens (including phenoxy) is 2. The monoisotopic (exact) mass is 413 g/mol. The molecule has 0 saturated carbocycles. The van der Waals surface area contributed by atoms with Crippen LogP contribution < -0.4 is 9.46 Å². The number of unbranched alkanes of at least 4 members (excludes halogenated alkanes) is 2. The average Bonchev–Trinajstić information content (AvgIpc) is 2.68. The summed E-state index contributed by atoms with van der Waals surface area (Å²) in [6.45, 7) is 2.61. The standard InChI is InChI=1S/C23H27NO4S/c1-3-4-5-14-29(25,26)24-20-9-7-10-21(16-20)28-23-11-6-8-19-15-18(17-27-2)12-13-22(19)23/h6-13,15-16,24H,3-5,14,17H2,1-2H3. The van der Waals surface area contributed by atoms with Crippen LogP contribution in [0.5, 0.6) is 11.5 Å². The fourth-order valence-electron chi connectivity index (χ4n) is 3.17. The molecule has 3 aromatic carbocycles. The molecule has 0 radical (unpaired) electrons. The number of sulfonamides is 1. The van der Waals surface area contributed by atoms with E-state index in [0.717, 1.165) is 34.9 Å². The molecule has 29 heavy (non-hydrogen) atoms. The van der Waals surface area contributed by atoms with Crippen LogP contribution in [-0.4, -0.2) is 21.3 Å². The predicted octanol–water partition coefficient (Wildman–Crippen LogP) is 5.71. The van der Waals surface area contributed by atoms with Gasteiger partial charge in [-0.3, -0.25) is 4.72 Å². The molecule has 0 spiro atoms. The molecule has 3 aromatic rings. The minimum Gasteiger partial charge on any atom is -0.457 e. The van der Waals surface area contributed by atoms with Gasteiger partial charge in [0.25, 0.3) is 0 Å². The van der Waals surface area contributed by atoms with Crippen molar-refractivity contribution in [2.45, 2.75) is 32.8 Å². The molecule has 154 valence electrons. The summed E-state index contributed by atoms with van der Waals surface area (Å²) >= 11 is 0. The third kappa shape index (κ3) is 5.95. The van der Waals surface area contributed by atoms with E-state index in [9.17, 15) is 8.42 Å². The van der Waals surface area contributed by atoms with Crippen molar-refractivity contribution in [1.82, 2.24) is 0 Å². The number of benzene rings is 3. The fourth-order valence-corrected chi connectivity index (χ4v) is 4.34. The maximum absolute atomic E-state index is 12.2. The van der Waals surface area contributed by atoms with Gasteiger partial charge in [-0.25, -0.2) is 8.42 Å². The number of fused-ring (bicyclic) bond motifs is 1. The zero-order chi connectivity index (χ0) is 20.7. The Kier molecular flexibility index (Phi) is 7.12. The topological polar surface area (TPSA) is 64.6 Å². The molecule has 0 aliphatic heterocycles. The number of anilines is 1. The van der Waals surface area contributed by atoms with Crippen LogP contribution in [-0.2, 0) is 21.4 Å². The Labute approximate surface area is 172 Å². The van der Waals surface area contributed by atoms with Crippen molar-refractivity contribution in [2.24, 2.45) is 0 Å². The Morgan fingerprint density at radius 3 is 2.59 bits per heavy atom. The highest BCUT2D eigenvalue weighted by Crippen LogP contribution is 2.31. The second-order valence-corrected chi connectivity index (χ2v) is 8.84. The van der Waals surface area contributed by atoms with Crippen molar-refractivity contribution in [3.05, 3.63) is 66.2 Å². The van der Waals surface area contributed by atoms with Crippen LogP contribution in [0, 0.1) is 0 Å². The second-order valence-electron chi connectivity index (χ2n) is 7.00. The summed E-state index contributed by atoms with van der Waals surface area (Å²) in [4.78, 5) is 0. The van der Waals surface area contributed by atoms with Crippen molar-refractivity contribution in [3.8, 4) is 11.5 Å². The predicted molar refractivity (Wildman–Crippen MR) is 118 cm³/mol. The zero-order valence-electron chi connectivity index (χ0n) is 16.9. The van der Waals surface area contributed by atoms with E-state index in [1.165, 1.54) is 0 Å². The van der Waals surface area contributed by atoms with Gasteiger partial charge in [0.1, 0.15) is 11.5 Å². The van der Waals surface area contributed by atoms with Gasteiger partial charge in [0.05, 0.1) is 18.0 Å². The summed E-state index contributed by atoms with van der Waals surface area (Å²) in [5.74, 6) is 1.42. The van der Waals surface area contributed by atoms with Crippen molar-refractivity contribution >= 4 is 26.5 Å². The lowest BCUT2D eigenvalue weighted by Gasteiger charge is -2.12. The van der Waals surface area contributed by atoms with Crippen LogP contribution in [0.25, 0.3) is 10.8 Å². The van der Waals surface area contributed by atoms with Crippen LogP contribution >= 0.6 is 0 Å². The minimum atomic E-state index is -3.36. The molecule has 0 heterocycles. The van der Waals surface area contributed by atoms with Crippen LogP contribution in [0.1, 0.15) is 31.7 Å². The van der Waals surface area contributed by atoms with E-state index in [4.69, 9.17) is 9.47 Å². The van der Waals surface area contributed by atoms with Gasteiger partial charge >= 0.3 is 0 Å². The Morgan fingerprint density at radius 2 is 1.79 bits per heavy atom. The summed E-state index contributed by atoms with van der Waals surface area (Å²) in [6.07, 6.45) is 2.54. The van der Waals surface area contributed by atoms with Gasteiger partial charge in [0.2, 0.25) is 10.0 Å². The first kappa shape index (κ1) is 21.1. The number of methoxy groups -OCH3 is 1. The normalized spacial score (nSPS) is 11.5. The highest BCUT2D eigenvalue weighted by atomic mass is 32.2. The third-order valence-electron chi connectivity index (χ3n) is 4.57. The van der Waals surface area contributed by atoms with Gasteiger partial charge in [0, 0.05) is 18.6 Å². The van der Waals surface area contributed by atoms with E-state index in [0.29, 0.717) is 24.5 Å². The lowest BCUT2D eigenvalue weighted by atomic mass is 10.1. The highest BCUT2D eigenvalue weighted by Gasteiger charge is 2.11. The third-order valence-corrected chi connectivity index (χ3v) is 5.94. The Balaban J connectivity index is 1.78. The lowest BCUT2D eigenvalue weighted by Crippen LogP contribution is -2.16. The Morgan fingerprint density at radius 1 is 0.966 bits per heavy atom. The maximum Gasteiger partial charge on any atom is 0.232 e. The Bertz CT molecular complexity index is 1060. The molecular weight excluding hydrogens is 386 g/mol. The number of hydrogen-bond donors (Lipinski definition) is 1. The SMILES string of the molecule is CCCCCS(=O)(=O)Nc1cccc(Oc2cccc3cc(COC)ccc23)c1. The molecule has 0 bridgehead atoms. The van der Waals surface area contributed by atoms with Gasteiger partial charge in [-0.15, -0.1) is 0 Å². The fraction of sp³-hybridized carbons (Fsp3) is 0.304. The van der Waals surface area contributed by atoms with E-state index in [1.54, 1.807) is 25.3 Å². The maximum atomic E-state index is 12.2. The van der Waals surface area contributed by atoms with Crippen molar-refractivity contribution in [1.29, 1.82) is 0 Å². The van der Waals surface area contributed by atoms with Crippen LogP contribution in [0.3, 0.4) is 0 Å². The van der Waals surface area contributed by atoms with Gasteiger partial charge in [0.15, 0.2) is 0 Å². The number of nitrogens with one attached hydrogen (secondary N) is 1. The smallest absolute Gasteiger partial charge is 0.232 e. The molecule has 0 saturated heterocycles. The molecule has 1 N–H and O–H groups in total. The van der Waals surface area contributed by atoms with Gasteiger partial charge in [-0.1, -0.05) is 50.1 Å². The average molecular weight is 414 g/mol. The van der Waals surface area contributed by atoms with Gasteiger partial charge in [-0.2, -0.15) is 0 Å². The van der Waals surface area contributed by atoms with Gasteiger partial charge in [-0.05, 0) is 41.6 Å². The molecule has 0 fully saturated rings. The zero-order valence-corrected chi connectivity index (χ0v) is 17.7. The first-order valence-electron chi connectivity index (χ1n) is 9.80. The van der Waals surface area contributed by atoms with Crippen LogP contribution in [0.15, 0.2) is 60.7 Å². The minimum absolute atomic E-state index is 0.124. The lowest BCUT2D eigenvalue weighted by molar-refractivity contribution is 0.185. The van der Waals surface area contributed by atoms with E-state index in [-0.39, 0.29) is 5.75 Å². The molecular formula is C23H27NO4S. The van der Waals surface area contributed by atoms with Crippen LogP contribution in [0.4, 0.5) is 5.69 Å². The molecule has 0 amide bonds. The van der Waals surface area contributed by atoms with E-state index in [1.807, 2.05) is 43.3 Å². The summed E-state index contributed by atoms with van der Waals surface area (Å²) in [5.41, 5.74) is 1.60. The summed E-state index contributed by atoms with van der Waals surface area (Å²) in [7, 11) is -1.68. The molecule has 0 unspecified atom stereocenters. The van der Waals surface area contributed by atoms with Gasteiger partial charge < -0.3 is 9.47 Å². The second kappa shape index (κ2) is 9.76. The molecule has 0 aromatic heterocycles. The van der Waals surface area contributed by atoms with E-state index >= 15 is 0 Å². The molecule has 0 aliphatic rings. The quantitative estimate of drug-likeness (QED) is 0.432. The Hall–Kier alpha value is -2.57. The van der Waals surface area contributed by atoms with E-state index in [2.05, 4.69) is 10.8 Å². The summed E-state index contributed by atoms with van der Waals surface area (Å²) < 4.78 is 38.4. The molecule has 5 nitrogen and oxygen atoms in total. The molecule has 0 aliphatic carbocycles. The summed E-state index contributed by atoms with van der Waals surface area (Å²) in [5, 5.41) is 2.04. The highest BCUT2D eigenvalue weighted by molar-refractivity contribution is 7.92. The molecule has 0 atom stereocenters. The van der Waals surface area contributed by atoms with E-state index < -0.39 is 10.0 Å². The summed E-state index contributed by atoms with van der Waals surface area (Å²) in [6, 6.07) is 19.0. The van der Waals surface area contributed by atoms with Crippen molar-refractivity contribution < 1.29 is 17.9 Å². The number of hydrogen-bond acceptors (Lipinski definition) is 4. The number of rotatable bonds is 10. The van der Waals surface area contributed by atoms with Crippen molar-refractivity contribution in [2.75, 3.05) is 17.6 Å². The van der Waals surface area contributed by atoms with Crippen molar-refractivity contribution in [3.63, 3.8) is 0 Å². The first-order valence-corrected chi connectivity index (χ1v) is 11.4. The largest absolute Gasteiger partial charge is 0.457 e. The first-order chi connectivity index (χ1) is 14.0. The molecule has 3 rings (SSSR count). The molecule has 6 heteroatoms. The van der Waals surface area contributed by atoms with Crippen LogP contribution in [0.2, 0.25) is 0 Å².